The van der Waals surface area contributed by atoms with Gasteiger partial charge in [0.15, 0.2) is 0 Å². The molecule has 0 unspecified atom stereocenters. The number of nitrogens with two attached hydrogens (primary N) is 1. The summed E-state index contributed by atoms with van der Waals surface area (Å²) in [6.07, 6.45) is 4.07. The lowest BCUT2D eigenvalue weighted by atomic mass is 10.2. The van der Waals surface area contributed by atoms with Crippen LogP contribution in [-0.4, -0.2) is 33.0 Å². The second-order valence-corrected chi connectivity index (χ2v) is 6.23. The fourth-order valence-electron chi connectivity index (χ4n) is 1.63. The highest BCUT2D eigenvalue weighted by Crippen LogP contribution is 2.07. The highest BCUT2D eigenvalue weighted by molar-refractivity contribution is 7.89. The summed E-state index contributed by atoms with van der Waals surface area (Å²) in [5.41, 5.74) is 0. The van der Waals surface area contributed by atoms with Gasteiger partial charge in [-0.05, 0) is 5.92 Å². The Morgan fingerprint density at radius 1 is 1.37 bits per heavy atom. The molecular weight excluding hydrogens is 268 g/mol. The van der Waals surface area contributed by atoms with E-state index in [9.17, 15) is 8.42 Å². The molecule has 0 spiro atoms. The molecule has 0 amide bonds. The van der Waals surface area contributed by atoms with Gasteiger partial charge in [-0.1, -0.05) is 13.8 Å². The van der Waals surface area contributed by atoms with Gasteiger partial charge in [-0.3, -0.25) is 4.68 Å². The zero-order valence-electron chi connectivity index (χ0n) is 10.8. The van der Waals surface area contributed by atoms with Crippen LogP contribution in [0.5, 0.6) is 0 Å². The van der Waals surface area contributed by atoms with Gasteiger partial charge < -0.3 is 0 Å². The van der Waals surface area contributed by atoms with Gasteiger partial charge in [-0.25, -0.2) is 23.2 Å². The minimum absolute atomic E-state index is 0.0116. The van der Waals surface area contributed by atoms with Gasteiger partial charge in [0, 0.05) is 12.7 Å². The van der Waals surface area contributed by atoms with Crippen LogP contribution in [0.15, 0.2) is 23.6 Å². The molecule has 2 rings (SSSR count). The third-order valence-electron chi connectivity index (χ3n) is 2.48. The normalized spacial score (nSPS) is 12.2. The van der Waals surface area contributed by atoms with Crippen LogP contribution in [0.3, 0.4) is 0 Å². The molecule has 0 saturated carbocycles. The molecule has 2 heterocycles. The quantitative estimate of drug-likeness (QED) is 0.819. The number of hydrogen-bond acceptors (Lipinski definition) is 5. The molecule has 0 aromatic carbocycles. The summed E-state index contributed by atoms with van der Waals surface area (Å²) in [4.78, 5) is 4.13. The monoisotopic (exact) mass is 284 g/mol. The first kappa shape index (κ1) is 13.7. The van der Waals surface area contributed by atoms with Crippen molar-refractivity contribution in [1.29, 1.82) is 0 Å². The number of sulfonamides is 1. The second-order valence-electron chi connectivity index (χ2n) is 4.67. The molecule has 19 heavy (non-hydrogen) atoms. The van der Waals surface area contributed by atoms with Gasteiger partial charge in [0.25, 0.3) is 0 Å². The Hall–Kier alpha value is -1.74. The van der Waals surface area contributed by atoms with Crippen LogP contribution in [0.1, 0.15) is 19.7 Å². The van der Waals surface area contributed by atoms with E-state index in [4.69, 9.17) is 5.14 Å². The molecule has 2 aromatic rings. The first-order valence-electron chi connectivity index (χ1n) is 5.78. The maximum Gasteiger partial charge on any atom is 0.241 e. The number of hydrogen-bond donors (Lipinski definition) is 1. The highest BCUT2D eigenvalue weighted by atomic mass is 32.2. The van der Waals surface area contributed by atoms with Crippen LogP contribution < -0.4 is 5.14 Å². The molecule has 2 aromatic heterocycles. The molecule has 2 N–H and O–H groups in total. The van der Waals surface area contributed by atoms with Crippen molar-refractivity contribution in [3.8, 4) is 0 Å². The summed E-state index contributed by atoms with van der Waals surface area (Å²) < 4.78 is 25.6. The van der Waals surface area contributed by atoms with Gasteiger partial charge >= 0.3 is 0 Å². The van der Waals surface area contributed by atoms with E-state index in [0.29, 0.717) is 12.5 Å². The Morgan fingerprint density at radius 2 is 2.11 bits per heavy atom. The molecule has 0 radical (unpaired) electrons. The lowest BCUT2D eigenvalue weighted by molar-refractivity contribution is 0.456. The van der Waals surface area contributed by atoms with E-state index >= 15 is 0 Å². The summed E-state index contributed by atoms with van der Waals surface area (Å²) in [7, 11) is -3.72. The topological polar surface area (TPSA) is 109 Å². The van der Waals surface area contributed by atoms with E-state index in [2.05, 4.69) is 29.0 Å². The lowest BCUT2D eigenvalue weighted by Crippen LogP contribution is -2.14. The lowest BCUT2D eigenvalue weighted by Gasteiger charge is -2.08. The van der Waals surface area contributed by atoms with E-state index in [1.807, 2.05) is 0 Å². The molecule has 8 nitrogen and oxygen atoms in total. The zero-order chi connectivity index (χ0) is 14.0. The predicted molar refractivity (Wildman–Crippen MR) is 67.6 cm³/mol. The standard InChI is InChI=1S/C10H16N6O2S/c1-8(2)4-16-10(12-7-14-16)6-15-5-9(3-13-15)19(11,17)18/h3,5,7-8H,4,6H2,1-2H3,(H2,11,17,18). The van der Waals surface area contributed by atoms with Crippen molar-refractivity contribution in [2.45, 2.75) is 31.8 Å². The molecule has 0 atom stereocenters. The van der Waals surface area contributed by atoms with E-state index < -0.39 is 10.0 Å². The van der Waals surface area contributed by atoms with Crippen molar-refractivity contribution in [3.63, 3.8) is 0 Å². The summed E-state index contributed by atoms with van der Waals surface area (Å²) >= 11 is 0. The minimum Gasteiger partial charge on any atom is -0.264 e. The summed E-state index contributed by atoms with van der Waals surface area (Å²) in [5, 5.41) is 13.1. The maximum absolute atomic E-state index is 11.2. The third-order valence-corrected chi connectivity index (χ3v) is 3.34. The Kier molecular flexibility index (Phi) is 3.67. The smallest absolute Gasteiger partial charge is 0.241 e. The van der Waals surface area contributed by atoms with Crippen LogP contribution in [0.2, 0.25) is 0 Å². The largest absolute Gasteiger partial charge is 0.264 e. The van der Waals surface area contributed by atoms with E-state index in [0.717, 1.165) is 12.4 Å². The minimum atomic E-state index is -3.72. The Labute approximate surface area is 111 Å². The van der Waals surface area contributed by atoms with Crippen molar-refractivity contribution in [3.05, 3.63) is 24.5 Å². The van der Waals surface area contributed by atoms with Crippen molar-refractivity contribution in [2.75, 3.05) is 0 Å². The van der Waals surface area contributed by atoms with Crippen molar-refractivity contribution in [1.82, 2.24) is 24.5 Å². The Morgan fingerprint density at radius 3 is 2.68 bits per heavy atom. The van der Waals surface area contributed by atoms with Gasteiger partial charge in [0.05, 0.1) is 6.20 Å². The average Bonchev–Trinajstić information content (AvgIpc) is 2.88. The average molecular weight is 284 g/mol. The van der Waals surface area contributed by atoms with Gasteiger partial charge in [0.2, 0.25) is 10.0 Å². The van der Waals surface area contributed by atoms with Crippen LogP contribution in [-0.2, 0) is 23.1 Å². The van der Waals surface area contributed by atoms with E-state index in [1.165, 1.54) is 23.4 Å². The Balaban J connectivity index is 2.18. The number of nitrogens with zero attached hydrogens (tertiary/aromatic N) is 5. The van der Waals surface area contributed by atoms with Gasteiger partial charge in [0.1, 0.15) is 23.6 Å². The van der Waals surface area contributed by atoms with E-state index in [1.54, 1.807) is 4.68 Å². The molecule has 0 aliphatic carbocycles. The molecule has 0 aliphatic rings. The van der Waals surface area contributed by atoms with Gasteiger partial charge in [-0.15, -0.1) is 0 Å². The zero-order valence-corrected chi connectivity index (χ0v) is 11.6. The summed E-state index contributed by atoms with van der Waals surface area (Å²) in [5.74, 6) is 1.16. The summed E-state index contributed by atoms with van der Waals surface area (Å²) in [6.45, 7) is 5.26. The predicted octanol–water partition coefficient (Wildman–Crippen LogP) is -0.174. The first-order chi connectivity index (χ1) is 8.86. The van der Waals surface area contributed by atoms with Crippen LogP contribution in [0.4, 0.5) is 0 Å². The molecular formula is C10H16N6O2S. The third kappa shape index (κ3) is 3.38. The molecule has 0 aliphatic heterocycles. The first-order valence-corrected chi connectivity index (χ1v) is 7.33. The number of primary sulfonamides is 1. The molecule has 0 fully saturated rings. The Bertz CT molecular complexity index is 657. The SMILES string of the molecule is CC(C)Cn1ncnc1Cn1cc(S(N)(=O)=O)cn1. The van der Waals surface area contributed by atoms with Crippen molar-refractivity contribution in [2.24, 2.45) is 11.1 Å². The summed E-state index contributed by atoms with van der Waals surface area (Å²) in [6, 6.07) is 0. The number of rotatable bonds is 5. The molecule has 0 bridgehead atoms. The molecule has 0 saturated heterocycles. The fraction of sp³-hybridized carbons (Fsp3) is 0.500. The van der Waals surface area contributed by atoms with Crippen LogP contribution in [0, 0.1) is 5.92 Å². The highest BCUT2D eigenvalue weighted by Gasteiger charge is 2.12. The van der Waals surface area contributed by atoms with Crippen LogP contribution in [0.25, 0.3) is 0 Å². The van der Waals surface area contributed by atoms with E-state index in [-0.39, 0.29) is 4.90 Å². The van der Waals surface area contributed by atoms with Crippen LogP contribution >= 0.6 is 0 Å². The van der Waals surface area contributed by atoms with Crippen molar-refractivity contribution >= 4 is 10.0 Å². The fourth-order valence-corrected chi connectivity index (χ4v) is 2.09. The van der Waals surface area contributed by atoms with Gasteiger partial charge in [-0.2, -0.15) is 10.2 Å². The molecule has 9 heteroatoms. The second kappa shape index (κ2) is 5.10. The number of aromatic nitrogens is 5. The van der Waals surface area contributed by atoms with Crippen molar-refractivity contribution < 1.29 is 8.42 Å². The maximum atomic E-state index is 11.2. The molecule has 104 valence electrons.